The SMILES string of the molecule is O=C(CSc1nnc(NC2CCCCC2)s1)NCc1ccccc1. The predicted octanol–water partition coefficient (Wildman–Crippen LogP) is 3.69. The molecule has 0 aliphatic heterocycles. The number of amides is 1. The summed E-state index contributed by atoms with van der Waals surface area (Å²) in [6.07, 6.45) is 6.35. The quantitative estimate of drug-likeness (QED) is 0.735. The van der Waals surface area contributed by atoms with Crippen LogP contribution in [0.3, 0.4) is 0 Å². The lowest BCUT2D eigenvalue weighted by molar-refractivity contribution is -0.118. The Bertz CT molecular complexity index is 641. The summed E-state index contributed by atoms with van der Waals surface area (Å²) < 4.78 is 0.836. The molecule has 2 N–H and O–H groups in total. The zero-order chi connectivity index (χ0) is 16.6. The highest BCUT2D eigenvalue weighted by atomic mass is 32.2. The number of anilines is 1. The van der Waals surface area contributed by atoms with Crippen LogP contribution in [-0.4, -0.2) is 27.9 Å². The third-order valence-electron chi connectivity index (χ3n) is 4.00. The molecule has 1 aromatic heterocycles. The molecule has 128 valence electrons. The fraction of sp³-hybridized carbons (Fsp3) is 0.471. The van der Waals surface area contributed by atoms with Gasteiger partial charge >= 0.3 is 0 Å². The van der Waals surface area contributed by atoms with Gasteiger partial charge in [-0.2, -0.15) is 0 Å². The second-order valence-corrected chi connectivity index (χ2v) is 8.10. The lowest BCUT2D eigenvalue weighted by Crippen LogP contribution is -2.24. The zero-order valence-corrected chi connectivity index (χ0v) is 15.2. The Morgan fingerprint density at radius 3 is 2.75 bits per heavy atom. The second-order valence-electron chi connectivity index (χ2n) is 5.90. The summed E-state index contributed by atoms with van der Waals surface area (Å²) in [7, 11) is 0. The second kappa shape index (κ2) is 9.03. The van der Waals surface area contributed by atoms with E-state index >= 15 is 0 Å². The molecule has 0 saturated heterocycles. The van der Waals surface area contributed by atoms with E-state index in [-0.39, 0.29) is 5.91 Å². The summed E-state index contributed by atoms with van der Waals surface area (Å²) in [5.74, 6) is 0.381. The van der Waals surface area contributed by atoms with Gasteiger partial charge < -0.3 is 10.6 Å². The highest BCUT2D eigenvalue weighted by molar-refractivity contribution is 8.01. The van der Waals surface area contributed by atoms with Crippen molar-refractivity contribution >= 4 is 34.1 Å². The molecule has 1 aliphatic carbocycles. The molecule has 0 atom stereocenters. The molecule has 1 aromatic carbocycles. The van der Waals surface area contributed by atoms with E-state index in [0.29, 0.717) is 18.3 Å². The fourth-order valence-corrected chi connectivity index (χ4v) is 4.38. The first kappa shape index (κ1) is 17.2. The van der Waals surface area contributed by atoms with Crippen molar-refractivity contribution in [2.24, 2.45) is 0 Å². The van der Waals surface area contributed by atoms with Crippen molar-refractivity contribution in [2.75, 3.05) is 11.1 Å². The number of rotatable bonds is 7. The summed E-state index contributed by atoms with van der Waals surface area (Å²) in [5, 5.41) is 15.6. The maximum atomic E-state index is 11.9. The molecular weight excluding hydrogens is 340 g/mol. The summed E-state index contributed by atoms with van der Waals surface area (Å²) in [4.78, 5) is 11.9. The molecule has 24 heavy (non-hydrogen) atoms. The Morgan fingerprint density at radius 2 is 1.96 bits per heavy atom. The molecule has 1 amide bonds. The number of benzene rings is 1. The van der Waals surface area contributed by atoms with Crippen molar-refractivity contribution < 1.29 is 4.79 Å². The first-order chi connectivity index (χ1) is 11.8. The summed E-state index contributed by atoms with van der Waals surface area (Å²) >= 11 is 2.97. The van der Waals surface area contributed by atoms with Crippen molar-refractivity contribution in [3.05, 3.63) is 35.9 Å². The average molecular weight is 363 g/mol. The number of carbonyl (C=O) groups excluding carboxylic acids is 1. The molecular formula is C17H22N4OS2. The van der Waals surface area contributed by atoms with Gasteiger partial charge in [0, 0.05) is 12.6 Å². The van der Waals surface area contributed by atoms with E-state index < -0.39 is 0 Å². The molecule has 7 heteroatoms. The molecule has 2 aromatic rings. The molecule has 1 aliphatic rings. The molecule has 0 spiro atoms. The van der Waals surface area contributed by atoms with Crippen LogP contribution in [0.1, 0.15) is 37.7 Å². The highest BCUT2D eigenvalue weighted by Gasteiger charge is 2.15. The first-order valence-electron chi connectivity index (χ1n) is 8.33. The monoisotopic (exact) mass is 362 g/mol. The van der Waals surface area contributed by atoms with Crippen molar-refractivity contribution in [1.29, 1.82) is 0 Å². The lowest BCUT2D eigenvalue weighted by Gasteiger charge is -2.21. The summed E-state index contributed by atoms with van der Waals surface area (Å²) in [5.41, 5.74) is 1.10. The first-order valence-corrected chi connectivity index (χ1v) is 10.1. The normalized spacial score (nSPS) is 15.2. The van der Waals surface area contributed by atoms with Gasteiger partial charge in [-0.3, -0.25) is 4.79 Å². The van der Waals surface area contributed by atoms with Crippen molar-refractivity contribution in [3.63, 3.8) is 0 Å². The predicted molar refractivity (Wildman–Crippen MR) is 99.4 cm³/mol. The number of hydrogen-bond donors (Lipinski definition) is 2. The van der Waals surface area contributed by atoms with E-state index in [0.717, 1.165) is 15.0 Å². The van der Waals surface area contributed by atoms with Crippen molar-refractivity contribution in [2.45, 2.75) is 49.0 Å². The molecule has 1 saturated carbocycles. The number of nitrogens with one attached hydrogen (secondary N) is 2. The van der Waals surface area contributed by atoms with Gasteiger partial charge in [0.25, 0.3) is 0 Å². The fourth-order valence-electron chi connectivity index (χ4n) is 2.72. The van der Waals surface area contributed by atoms with Crippen molar-refractivity contribution in [3.8, 4) is 0 Å². The van der Waals surface area contributed by atoms with Crippen molar-refractivity contribution in [1.82, 2.24) is 15.5 Å². The van der Waals surface area contributed by atoms with Gasteiger partial charge in [0.1, 0.15) is 0 Å². The topological polar surface area (TPSA) is 66.9 Å². The van der Waals surface area contributed by atoms with Gasteiger partial charge in [0.2, 0.25) is 11.0 Å². The molecule has 5 nitrogen and oxygen atoms in total. The van der Waals surface area contributed by atoms with Crippen LogP contribution in [0.2, 0.25) is 0 Å². The van der Waals surface area contributed by atoms with E-state index in [2.05, 4.69) is 20.8 Å². The number of thioether (sulfide) groups is 1. The van der Waals surface area contributed by atoms with Crippen LogP contribution in [0.25, 0.3) is 0 Å². The number of nitrogens with zero attached hydrogens (tertiary/aromatic N) is 2. The molecule has 3 rings (SSSR count). The molecule has 0 radical (unpaired) electrons. The minimum atomic E-state index is 0.0147. The van der Waals surface area contributed by atoms with Gasteiger partial charge in [-0.25, -0.2) is 0 Å². The Hall–Kier alpha value is -1.60. The van der Waals surface area contributed by atoms with E-state index in [9.17, 15) is 4.79 Å². The van der Waals surface area contributed by atoms with E-state index in [1.54, 1.807) is 0 Å². The van der Waals surface area contributed by atoms with Gasteiger partial charge in [0.05, 0.1) is 5.75 Å². The summed E-state index contributed by atoms with van der Waals surface area (Å²) in [6.45, 7) is 0.560. The Labute approximate surface area is 150 Å². The van der Waals surface area contributed by atoms with Crippen LogP contribution in [0.4, 0.5) is 5.13 Å². The van der Waals surface area contributed by atoms with E-state index in [4.69, 9.17) is 0 Å². The Kier molecular flexibility index (Phi) is 6.48. The minimum Gasteiger partial charge on any atom is -0.357 e. The molecule has 1 fully saturated rings. The zero-order valence-electron chi connectivity index (χ0n) is 13.5. The largest absolute Gasteiger partial charge is 0.357 e. The lowest BCUT2D eigenvalue weighted by atomic mass is 9.96. The van der Waals surface area contributed by atoms with E-state index in [1.807, 2.05) is 30.3 Å². The van der Waals surface area contributed by atoms with Crippen LogP contribution in [0.5, 0.6) is 0 Å². The Morgan fingerprint density at radius 1 is 1.17 bits per heavy atom. The van der Waals surface area contributed by atoms with Gasteiger partial charge in [-0.1, -0.05) is 72.7 Å². The van der Waals surface area contributed by atoms with Crippen LogP contribution >= 0.6 is 23.1 Å². The van der Waals surface area contributed by atoms with Crippen LogP contribution < -0.4 is 10.6 Å². The standard InChI is InChI=1S/C17H22N4OS2/c22-15(18-11-13-7-3-1-4-8-13)12-23-17-21-20-16(24-17)19-14-9-5-2-6-10-14/h1,3-4,7-8,14H,2,5-6,9-12H2,(H,18,22)(H,19,20). The third kappa shape index (κ3) is 5.49. The van der Waals surface area contributed by atoms with Gasteiger partial charge in [-0.15, -0.1) is 10.2 Å². The maximum absolute atomic E-state index is 11.9. The van der Waals surface area contributed by atoms with E-state index in [1.165, 1.54) is 55.2 Å². The third-order valence-corrected chi connectivity index (χ3v) is 5.99. The highest BCUT2D eigenvalue weighted by Crippen LogP contribution is 2.28. The molecule has 1 heterocycles. The Balaban J connectivity index is 1.39. The van der Waals surface area contributed by atoms with Crippen LogP contribution in [-0.2, 0) is 11.3 Å². The smallest absolute Gasteiger partial charge is 0.230 e. The number of hydrogen-bond acceptors (Lipinski definition) is 6. The number of aromatic nitrogens is 2. The maximum Gasteiger partial charge on any atom is 0.230 e. The van der Waals surface area contributed by atoms with Gasteiger partial charge in [0.15, 0.2) is 4.34 Å². The molecule has 0 unspecified atom stereocenters. The number of carbonyl (C=O) groups is 1. The van der Waals surface area contributed by atoms with Crippen LogP contribution in [0, 0.1) is 0 Å². The summed E-state index contributed by atoms with van der Waals surface area (Å²) in [6, 6.07) is 10.4. The van der Waals surface area contributed by atoms with Gasteiger partial charge in [-0.05, 0) is 18.4 Å². The molecule has 0 bridgehead atoms. The average Bonchev–Trinajstić information content (AvgIpc) is 3.07. The van der Waals surface area contributed by atoms with Crippen LogP contribution in [0.15, 0.2) is 34.7 Å². The minimum absolute atomic E-state index is 0.0147.